The van der Waals surface area contributed by atoms with E-state index in [0.29, 0.717) is 49.3 Å². The van der Waals surface area contributed by atoms with Crippen molar-refractivity contribution in [1.82, 2.24) is 9.21 Å². The van der Waals surface area contributed by atoms with Crippen molar-refractivity contribution in [3.05, 3.63) is 42.0 Å². The first-order chi connectivity index (χ1) is 12.9. The van der Waals surface area contributed by atoms with E-state index in [2.05, 4.69) is 26.0 Å². The zero-order chi connectivity index (χ0) is 19.4. The number of carbonyl (C=O) groups excluding carboxylic acids is 1. The first kappa shape index (κ1) is 20.1. The maximum Gasteiger partial charge on any atom is 0.243 e. The van der Waals surface area contributed by atoms with Crippen molar-refractivity contribution >= 4 is 15.9 Å². The van der Waals surface area contributed by atoms with Crippen LogP contribution in [0.15, 0.2) is 41.3 Å². The maximum absolute atomic E-state index is 12.9. The van der Waals surface area contributed by atoms with Gasteiger partial charge in [0, 0.05) is 32.6 Å². The van der Waals surface area contributed by atoms with E-state index in [4.69, 9.17) is 0 Å². The van der Waals surface area contributed by atoms with E-state index in [1.165, 1.54) is 4.31 Å². The summed E-state index contributed by atoms with van der Waals surface area (Å²) in [6.45, 7) is 5.93. The summed E-state index contributed by atoms with van der Waals surface area (Å²) in [5, 5.41) is 0. The number of sulfonamides is 1. The summed E-state index contributed by atoms with van der Waals surface area (Å²) < 4.78 is 27.3. The summed E-state index contributed by atoms with van der Waals surface area (Å²) >= 11 is 0. The number of carbonyl (C=O) groups is 1. The number of amides is 1. The highest BCUT2D eigenvalue weighted by Gasteiger charge is 2.30. The van der Waals surface area contributed by atoms with Crippen LogP contribution in [0.5, 0.6) is 0 Å². The van der Waals surface area contributed by atoms with E-state index in [-0.39, 0.29) is 5.91 Å². The second kappa shape index (κ2) is 8.57. The molecule has 6 heteroatoms. The van der Waals surface area contributed by atoms with Gasteiger partial charge in [-0.2, -0.15) is 4.31 Å². The lowest BCUT2D eigenvalue weighted by molar-refractivity contribution is -0.133. The molecule has 0 spiro atoms. The Labute approximate surface area is 163 Å². The molecule has 0 bridgehead atoms. The molecule has 1 saturated heterocycles. The van der Waals surface area contributed by atoms with E-state index in [0.717, 1.165) is 24.8 Å². The fraction of sp³-hybridized carbons (Fsp3) is 0.571. The van der Waals surface area contributed by atoms with Gasteiger partial charge in [-0.25, -0.2) is 8.42 Å². The number of piperazine rings is 1. The van der Waals surface area contributed by atoms with Crippen molar-refractivity contribution in [3.63, 3.8) is 0 Å². The minimum Gasteiger partial charge on any atom is -0.340 e. The molecule has 148 valence electrons. The summed E-state index contributed by atoms with van der Waals surface area (Å²) in [7, 11) is -3.50. The monoisotopic (exact) mass is 390 g/mol. The molecule has 0 unspecified atom stereocenters. The summed E-state index contributed by atoms with van der Waals surface area (Å²) in [4.78, 5) is 14.6. The van der Waals surface area contributed by atoms with Gasteiger partial charge in [-0.3, -0.25) is 4.79 Å². The minimum atomic E-state index is -3.50. The molecule has 1 aliphatic carbocycles. The lowest BCUT2D eigenvalue weighted by Crippen LogP contribution is -2.50. The molecule has 5 nitrogen and oxygen atoms in total. The molecule has 2 atom stereocenters. The molecule has 1 aromatic rings. The van der Waals surface area contributed by atoms with Crippen molar-refractivity contribution in [2.45, 2.75) is 50.3 Å². The fourth-order valence-corrected chi connectivity index (χ4v) is 5.17. The van der Waals surface area contributed by atoms with Crippen LogP contribution in [0.1, 0.15) is 51.0 Å². The van der Waals surface area contributed by atoms with Crippen LogP contribution in [-0.2, 0) is 14.8 Å². The largest absolute Gasteiger partial charge is 0.340 e. The van der Waals surface area contributed by atoms with Crippen LogP contribution in [0, 0.1) is 5.92 Å². The molecule has 1 aromatic carbocycles. The topological polar surface area (TPSA) is 57.7 Å². The van der Waals surface area contributed by atoms with Crippen molar-refractivity contribution in [1.29, 1.82) is 0 Å². The molecule has 2 aliphatic rings. The van der Waals surface area contributed by atoms with Crippen LogP contribution in [-0.4, -0.2) is 49.7 Å². The molecule has 27 heavy (non-hydrogen) atoms. The molecule has 0 aromatic heterocycles. The minimum absolute atomic E-state index is 0.140. The lowest BCUT2D eigenvalue weighted by Gasteiger charge is -2.34. The maximum atomic E-state index is 12.9. The van der Waals surface area contributed by atoms with Gasteiger partial charge in [0.2, 0.25) is 15.9 Å². The normalized spacial score (nSPS) is 22.1. The molecule has 0 radical (unpaired) electrons. The van der Waals surface area contributed by atoms with Gasteiger partial charge in [0.1, 0.15) is 0 Å². The summed E-state index contributed by atoms with van der Waals surface area (Å²) in [6, 6.07) is 7.24. The Bertz CT molecular complexity index is 778. The molecule has 0 saturated carbocycles. The average Bonchev–Trinajstić information content (AvgIpc) is 3.20. The zero-order valence-electron chi connectivity index (χ0n) is 16.3. The van der Waals surface area contributed by atoms with Gasteiger partial charge < -0.3 is 4.90 Å². The Morgan fingerprint density at radius 1 is 1.15 bits per heavy atom. The molecule has 1 amide bonds. The smallest absolute Gasteiger partial charge is 0.243 e. The van der Waals surface area contributed by atoms with Crippen molar-refractivity contribution in [3.8, 4) is 0 Å². The Kier molecular flexibility index (Phi) is 6.37. The van der Waals surface area contributed by atoms with Gasteiger partial charge in [-0.05, 0) is 48.8 Å². The third kappa shape index (κ3) is 4.61. The molecule has 3 rings (SSSR count). The van der Waals surface area contributed by atoms with Crippen molar-refractivity contribution in [2.24, 2.45) is 5.92 Å². The number of allylic oxidation sites excluding steroid dienone is 2. The molecule has 1 aliphatic heterocycles. The van der Waals surface area contributed by atoms with Gasteiger partial charge in [-0.15, -0.1) is 0 Å². The van der Waals surface area contributed by atoms with E-state index < -0.39 is 10.0 Å². The molecular formula is C21H30N2O3S. The van der Waals surface area contributed by atoms with Gasteiger partial charge in [-0.1, -0.05) is 38.1 Å². The predicted octanol–water partition coefficient (Wildman–Crippen LogP) is 3.39. The third-order valence-corrected chi connectivity index (χ3v) is 7.75. The predicted molar refractivity (Wildman–Crippen MR) is 107 cm³/mol. The summed E-state index contributed by atoms with van der Waals surface area (Å²) in [6.07, 6.45) is 7.93. The van der Waals surface area contributed by atoms with E-state index >= 15 is 0 Å². The second-order valence-corrected chi connectivity index (χ2v) is 9.57. The van der Waals surface area contributed by atoms with Crippen molar-refractivity contribution in [2.75, 3.05) is 26.2 Å². The molecule has 0 N–H and O–H groups in total. The highest BCUT2D eigenvalue weighted by atomic mass is 32.2. The van der Waals surface area contributed by atoms with Crippen LogP contribution < -0.4 is 0 Å². The molecule has 1 fully saturated rings. The fourth-order valence-electron chi connectivity index (χ4n) is 3.75. The zero-order valence-corrected chi connectivity index (χ0v) is 17.1. The Morgan fingerprint density at radius 2 is 1.81 bits per heavy atom. The Morgan fingerprint density at radius 3 is 2.37 bits per heavy atom. The average molecular weight is 391 g/mol. The van der Waals surface area contributed by atoms with Gasteiger partial charge in [0.05, 0.1) is 4.90 Å². The number of hydrogen-bond donors (Lipinski definition) is 0. The van der Waals surface area contributed by atoms with E-state index in [1.807, 2.05) is 17.0 Å². The van der Waals surface area contributed by atoms with Gasteiger partial charge in [0.15, 0.2) is 0 Å². The number of nitrogens with zero attached hydrogens (tertiary/aromatic N) is 2. The quantitative estimate of drug-likeness (QED) is 0.700. The molecular weight excluding hydrogens is 360 g/mol. The standard InChI is InChI=1S/C21H30N2O3S/c1-3-17(2)19-8-10-20(11-9-19)27(25,26)23-14-12-22(13-15-23)21(24)16-18-6-4-5-7-18/h4,6,8-11,17-18H,3,5,7,12-16H2,1-2H3/t17-,18-/m0/s1. The van der Waals surface area contributed by atoms with Crippen LogP contribution in [0.2, 0.25) is 0 Å². The third-order valence-electron chi connectivity index (χ3n) is 5.84. The number of benzene rings is 1. The van der Waals surface area contributed by atoms with Crippen LogP contribution >= 0.6 is 0 Å². The summed E-state index contributed by atoms with van der Waals surface area (Å²) in [5.41, 5.74) is 1.16. The number of hydrogen-bond acceptors (Lipinski definition) is 3. The highest BCUT2D eigenvalue weighted by Crippen LogP contribution is 2.24. The second-order valence-electron chi connectivity index (χ2n) is 7.63. The van der Waals surface area contributed by atoms with Crippen LogP contribution in [0.25, 0.3) is 0 Å². The highest BCUT2D eigenvalue weighted by molar-refractivity contribution is 7.89. The number of rotatable bonds is 6. The SMILES string of the molecule is CC[C@H](C)c1ccc(S(=O)(=O)N2CCN(C(=O)C[C@H]3C=CCC3)CC2)cc1. The van der Waals surface area contributed by atoms with Crippen molar-refractivity contribution < 1.29 is 13.2 Å². The first-order valence-corrected chi connectivity index (χ1v) is 11.4. The Hall–Kier alpha value is -1.66. The van der Waals surface area contributed by atoms with E-state index in [9.17, 15) is 13.2 Å². The van der Waals surface area contributed by atoms with Gasteiger partial charge >= 0.3 is 0 Å². The van der Waals surface area contributed by atoms with E-state index in [1.54, 1.807) is 12.1 Å². The first-order valence-electron chi connectivity index (χ1n) is 9.96. The molecule has 1 heterocycles. The van der Waals surface area contributed by atoms with Crippen LogP contribution in [0.4, 0.5) is 0 Å². The Balaban J connectivity index is 1.59. The van der Waals surface area contributed by atoms with Crippen LogP contribution in [0.3, 0.4) is 0 Å². The lowest BCUT2D eigenvalue weighted by atomic mass is 9.99. The van der Waals surface area contributed by atoms with Gasteiger partial charge in [0.25, 0.3) is 0 Å². The summed E-state index contributed by atoms with van der Waals surface area (Å²) in [5.74, 6) is 0.913.